The second-order valence-corrected chi connectivity index (χ2v) is 5.91. The van der Waals surface area contributed by atoms with Crippen molar-refractivity contribution in [3.05, 3.63) is 60.2 Å². The van der Waals surface area contributed by atoms with Crippen LogP contribution in [0.3, 0.4) is 0 Å². The summed E-state index contributed by atoms with van der Waals surface area (Å²) in [5.74, 6) is -3.36. The molecule has 0 radical (unpaired) electrons. The molecule has 0 aliphatic rings. The first kappa shape index (κ1) is 16.8. The number of nitrogens with two attached hydrogens (primary N) is 1. The summed E-state index contributed by atoms with van der Waals surface area (Å²) in [7, 11) is 0. The van der Waals surface area contributed by atoms with Crippen molar-refractivity contribution >= 4 is 44.7 Å². The van der Waals surface area contributed by atoms with E-state index >= 15 is 0 Å². The third-order valence-corrected chi connectivity index (χ3v) is 4.56. The predicted molar refractivity (Wildman–Crippen MR) is 96.4 cm³/mol. The molecule has 5 heteroatoms. The Bertz CT molecular complexity index is 1000. The van der Waals surface area contributed by atoms with Crippen molar-refractivity contribution in [2.24, 2.45) is 5.73 Å². The first-order chi connectivity index (χ1) is 11.0. The summed E-state index contributed by atoms with van der Waals surface area (Å²) in [5.41, 5.74) is 6.13. The molecule has 124 valence electrons. The minimum absolute atomic E-state index is 0. The van der Waals surface area contributed by atoms with Crippen LogP contribution in [-0.2, 0) is 0 Å². The summed E-state index contributed by atoms with van der Waals surface area (Å²) >= 11 is 0. The predicted octanol–water partition coefficient (Wildman–Crippen LogP) is 4.63. The molecule has 0 amide bonds. The highest BCUT2D eigenvalue weighted by molar-refractivity contribution is 6.23. The van der Waals surface area contributed by atoms with E-state index in [0.29, 0.717) is 10.9 Å². The van der Waals surface area contributed by atoms with E-state index in [4.69, 9.17) is 10.8 Å². The van der Waals surface area contributed by atoms with Crippen LogP contribution in [0.15, 0.2) is 54.6 Å². The Morgan fingerprint density at radius 1 is 0.875 bits per heavy atom. The van der Waals surface area contributed by atoms with E-state index in [1.165, 1.54) is 0 Å². The summed E-state index contributed by atoms with van der Waals surface area (Å²) in [4.78, 5) is 0. The van der Waals surface area contributed by atoms with Gasteiger partial charge in [-0.1, -0.05) is 54.6 Å². The molecule has 0 spiro atoms. The van der Waals surface area contributed by atoms with Gasteiger partial charge in [-0.05, 0) is 37.9 Å². The van der Waals surface area contributed by atoms with Crippen molar-refractivity contribution in [2.75, 3.05) is 6.61 Å². The Morgan fingerprint density at radius 3 is 2.04 bits per heavy atom. The fraction of sp³-hybridized carbons (Fsp3) is 0.158. The molecule has 0 heterocycles. The molecule has 1 atom stereocenters. The van der Waals surface area contributed by atoms with Crippen LogP contribution in [0.25, 0.3) is 32.3 Å². The van der Waals surface area contributed by atoms with Gasteiger partial charge < -0.3 is 10.8 Å². The highest BCUT2D eigenvalue weighted by Gasteiger charge is 2.38. The van der Waals surface area contributed by atoms with Gasteiger partial charge in [0.1, 0.15) is 6.61 Å². The van der Waals surface area contributed by atoms with Gasteiger partial charge in [-0.15, -0.1) is 12.4 Å². The van der Waals surface area contributed by atoms with Gasteiger partial charge in [0.2, 0.25) is 0 Å². The number of hydrogen-bond acceptors (Lipinski definition) is 2. The molecule has 0 aliphatic heterocycles. The number of benzene rings is 4. The molecular weight excluding hydrogens is 332 g/mol. The fourth-order valence-electron chi connectivity index (χ4n) is 3.35. The standard InChI is InChI=1S/C19H15F2NO.ClH/c20-19(21,10-23)18(22)15-9-7-13-5-4-11-2-1-3-12-6-8-14(15)17(13)16(11)12;/h1-9,18,23H,10,22H2;1H/t18-;/m1./s1. The second kappa shape index (κ2) is 5.81. The van der Waals surface area contributed by atoms with Gasteiger partial charge in [0.05, 0.1) is 6.04 Å². The molecular formula is C19H16ClF2NO. The van der Waals surface area contributed by atoms with Gasteiger partial charge in [-0.25, -0.2) is 8.78 Å². The molecule has 4 rings (SSSR count). The van der Waals surface area contributed by atoms with Crippen molar-refractivity contribution in [1.29, 1.82) is 0 Å². The van der Waals surface area contributed by atoms with Crippen LogP contribution in [0.5, 0.6) is 0 Å². The van der Waals surface area contributed by atoms with Crippen molar-refractivity contribution in [2.45, 2.75) is 12.0 Å². The van der Waals surface area contributed by atoms with Crippen molar-refractivity contribution in [3.8, 4) is 0 Å². The Morgan fingerprint density at radius 2 is 1.42 bits per heavy atom. The zero-order valence-corrected chi connectivity index (χ0v) is 13.5. The molecule has 0 unspecified atom stereocenters. The average molecular weight is 348 g/mol. The normalized spacial score (nSPS) is 13.5. The van der Waals surface area contributed by atoms with Crippen molar-refractivity contribution < 1.29 is 13.9 Å². The summed E-state index contributed by atoms with van der Waals surface area (Å²) in [5, 5.41) is 14.8. The Labute approximate surface area is 143 Å². The fourth-order valence-corrected chi connectivity index (χ4v) is 3.35. The van der Waals surface area contributed by atoms with Gasteiger partial charge in [0, 0.05) is 0 Å². The lowest BCUT2D eigenvalue weighted by molar-refractivity contribution is -0.0708. The van der Waals surface area contributed by atoms with Crippen LogP contribution in [-0.4, -0.2) is 17.6 Å². The van der Waals surface area contributed by atoms with Gasteiger partial charge in [0.15, 0.2) is 0 Å². The zero-order valence-electron chi connectivity index (χ0n) is 12.7. The molecule has 0 aliphatic carbocycles. The molecule has 24 heavy (non-hydrogen) atoms. The summed E-state index contributed by atoms with van der Waals surface area (Å²) < 4.78 is 27.8. The smallest absolute Gasteiger partial charge is 0.289 e. The number of rotatable bonds is 3. The quantitative estimate of drug-likeness (QED) is 0.531. The van der Waals surface area contributed by atoms with E-state index in [0.717, 1.165) is 26.9 Å². The first-order valence-corrected chi connectivity index (χ1v) is 7.43. The summed E-state index contributed by atoms with van der Waals surface area (Å²) in [6, 6.07) is 15.7. The Kier molecular flexibility index (Phi) is 4.08. The molecule has 4 aromatic carbocycles. The van der Waals surface area contributed by atoms with Gasteiger partial charge in [0.25, 0.3) is 5.92 Å². The second-order valence-electron chi connectivity index (χ2n) is 5.91. The molecule has 0 fully saturated rings. The minimum atomic E-state index is -3.36. The third kappa shape index (κ3) is 2.30. The van der Waals surface area contributed by atoms with Crippen LogP contribution >= 0.6 is 12.4 Å². The monoisotopic (exact) mass is 347 g/mol. The molecule has 0 aromatic heterocycles. The number of hydrogen-bond donors (Lipinski definition) is 2. The number of alkyl halides is 2. The number of aliphatic hydroxyl groups excluding tert-OH is 1. The average Bonchev–Trinajstić information content (AvgIpc) is 2.59. The number of halogens is 3. The van der Waals surface area contributed by atoms with Crippen LogP contribution in [0.1, 0.15) is 11.6 Å². The molecule has 2 nitrogen and oxygen atoms in total. The lowest BCUT2D eigenvalue weighted by Crippen LogP contribution is -2.36. The van der Waals surface area contributed by atoms with E-state index in [1.54, 1.807) is 6.07 Å². The summed E-state index contributed by atoms with van der Waals surface area (Å²) in [6.45, 7) is -1.27. The minimum Gasteiger partial charge on any atom is -0.390 e. The largest absolute Gasteiger partial charge is 0.390 e. The topological polar surface area (TPSA) is 46.2 Å². The lowest BCUT2D eigenvalue weighted by Gasteiger charge is -2.24. The van der Waals surface area contributed by atoms with E-state index in [-0.39, 0.29) is 12.4 Å². The molecule has 4 aromatic rings. The maximum atomic E-state index is 13.9. The van der Waals surface area contributed by atoms with Gasteiger partial charge in [-0.3, -0.25) is 0 Å². The van der Waals surface area contributed by atoms with Crippen molar-refractivity contribution in [1.82, 2.24) is 0 Å². The molecule has 0 saturated carbocycles. The Hall–Kier alpha value is -2.01. The van der Waals surface area contributed by atoms with E-state index in [1.807, 2.05) is 48.5 Å². The van der Waals surface area contributed by atoms with Crippen LogP contribution in [0, 0.1) is 0 Å². The first-order valence-electron chi connectivity index (χ1n) is 7.43. The molecule has 0 bridgehead atoms. The summed E-state index contributed by atoms with van der Waals surface area (Å²) in [6.07, 6.45) is 0. The van der Waals surface area contributed by atoms with Crippen LogP contribution in [0.2, 0.25) is 0 Å². The Balaban J connectivity index is 0.00000169. The van der Waals surface area contributed by atoms with E-state index in [9.17, 15) is 8.78 Å². The lowest BCUT2D eigenvalue weighted by atomic mass is 9.89. The zero-order chi connectivity index (χ0) is 16.2. The van der Waals surface area contributed by atoms with Crippen LogP contribution in [0.4, 0.5) is 8.78 Å². The number of aliphatic hydroxyl groups is 1. The van der Waals surface area contributed by atoms with Gasteiger partial charge in [-0.2, -0.15) is 0 Å². The van der Waals surface area contributed by atoms with E-state index < -0.39 is 18.6 Å². The van der Waals surface area contributed by atoms with Crippen molar-refractivity contribution in [3.63, 3.8) is 0 Å². The maximum absolute atomic E-state index is 13.9. The highest BCUT2D eigenvalue weighted by atomic mass is 35.5. The van der Waals surface area contributed by atoms with Crippen LogP contribution < -0.4 is 5.73 Å². The van der Waals surface area contributed by atoms with Gasteiger partial charge >= 0.3 is 0 Å². The highest BCUT2D eigenvalue weighted by Crippen LogP contribution is 2.39. The third-order valence-electron chi connectivity index (χ3n) is 4.56. The van der Waals surface area contributed by atoms with E-state index in [2.05, 4.69) is 0 Å². The molecule has 0 saturated heterocycles. The SMILES string of the molecule is Cl.N[C@H](c1ccc2ccc3cccc4ccc1c2c34)C(F)(F)CO. The maximum Gasteiger partial charge on any atom is 0.289 e. The molecule has 3 N–H and O–H groups in total.